The Kier molecular flexibility index (Phi) is 3.22. The number of halogens is 1. The lowest BCUT2D eigenvalue weighted by Crippen LogP contribution is -1.96. The molecule has 0 heterocycles. The van der Waals surface area contributed by atoms with Crippen LogP contribution >= 0.6 is 15.9 Å². The molecule has 2 aromatic rings. The van der Waals surface area contributed by atoms with Crippen molar-refractivity contribution in [1.29, 1.82) is 0 Å². The quantitative estimate of drug-likeness (QED) is 0.741. The van der Waals surface area contributed by atoms with Crippen LogP contribution in [0, 0.1) is 0 Å². The molecule has 0 bridgehead atoms. The minimum atomic E-state index is 0.432. The van der Waals surface area contributed by atoms with Gasteiger partial charge in [0.15, 0.2) is 0 Å². The van der Waals surface area contributed by atoms with E-state index in [4.69, 9.17) is 0 Å². The molecular weight excluding hydrogens is 248 g/mol. The summed E-state index contributed by atoms with van der Waals surface area (Å²) in [7, 11) is 0. The predicted octanol–water partition coefficient (Wildman–Crippen LogP) is 4.60. The van der Waals surface area contributed by atoms with E-state index in [0.717, 1.165) is 0 Å². The van der Waals surface area contributed by atoms with Gasteiger partial charge in [0.2, 0.25) is 0 Å². The summed E-state index contributed by atoms with van der Waals surface area (Å²) in [6, 6.07) is 19.0. The Labute approximate surface area is 99.1 Å². The van der Waals surface area contributed by atoms with E-state index in [-0.39, 0.29) is 0 Å². The Morgan fingerprint density at radius 2 is 1.47 bits per heavy atom. The minimum Gasteiger partial charge on any atom is -0.0622 e. The van der Waals surface area contributed by atoms with Gasteiger partial charge in [0, 0.05) is 10.4 Å². The van der Waals surface area contributed by atoms with Crippen LogP contribution in [0.1, 0.15) is 24.0 Å². The van der Waals surface area contributed by atoms with Crippen molar-refractivity contribution < 1.29 is 0 Å². The van der Waals surface area contributed by atoms with Crippen molar-refractivity contribution >= 4 is 15.9 Å². The van der Waals surface area contributed by atoms with E-state index in [1.165, 1.54) is 15.6 Å². The standard InChI is InChI=1S/C14H13Br/c1-11(12-7-3-2-4-8-12)13-9-5-6-10-14(13)15/h2-11H,1H3. The monoisotopic (exact) mass is 260 g/mol. The molecule has 2 aromatic carbocycles. The summed E-state index contributed by atoms with van der Waals surface area (Å²) in [5.74, 6) is 0.432. The predicted molar refractivity (Wildman–Crippen MR) is 68.1 cm³/mol. The average molecular weight is 261 g/mol. The van der Waals surface area contributed by atoms with Crippen LogP contribution in [0.4, 0.5) is 0 Å². The molecule has 0 saturated carbocycles. The van der Waals surface area contributed by atoms with Gasteiger partial charge in [-0.25, -0.2) is 0 Å². The van der Waals surface area contributed by atoms with E-state index in [2.05, 4.69) is 71.4 Å². The van der Waals surface area contributed by atoms with Crippen LogP contribution in [0.5, 0.6) is 0 Å². The third kappa shape index (κ3) is 2.29. The molecule has 76 valence electrons. The van der Waals surface area contributed by atoms with Gasteiger partial charge in [0.1, 0.15) is 0 Å². The summed E-state index contributed by atoms with van der Waals surface area (Å²) in [5.41, 5.74) is 2.69. The molecule has 0 aliphatic heterocycles. The van der Waals surface area contributed by atoms with Crippen molar-refractivity contribution in [3.05, 3.63) is 70.2 Å². The van der Waals surface area contributed by atoms with Crippen LogP contribution in [0.3, 0.4) is 0 Å². The molecule has 0 aliphatic rings. The Morgan fingerprint density at radius 3 is 2.13 bits per heavy atom. The first kappa shape index (κ1) is 10.4. The van der Waals surface area contributed by atoms with Crippen LogP contribution in [0.15, 0.2) is 59.1 Å². The van der Waals surface area contributed by atoms with Crippen molar-refractivity contribution in [3.63, 3.8) is 0 Å². The summed E-state index contributed by atoms with van der Waals surface area (Å²) in [6.07, 6.45) is 0. The molecule has 0 aliphatic carbocycles. The molecule has 1 heteroatoms. The van der Waals surface area contributed by atoms with Crippen LogP contribution in [0.2, 0.25) is 0 Å². The van der Waals surface area contributed by atoms with Crippen LogP contribution in [-0.4, -0.2) is 0 Å². The second kappa shape index (κ2) is 4.63. The van der Waals surface area contributed by atoms with E-state index in [1.807, 2.05) is 6.07 Å². The summed E-state index contributed by atoms with van der Waals surface area (Å²) >= 11 is 3.59. The molecule has 2 rings (SSSR count). The maximum Gasteiger partial charge on any atom is 0.0213 e. The summed E-state index contributed by atoms with van der Waals surface area (Å²) in [6.45, 7) is 2.23. The maximum absolute atomic E-state index is 3.59. The second-order valence-corrected chi connectivity index (χ2v) is 4.51. The third-order valence-electron chi connectivity index (χ3n) is 2.67. The fourth-order valence-corrected chi connectivity index (χ4v) is 2.38. The fourth-order valence-electron chi connectivity index (χ4n) is 1.75. The molecule has 15 heavy (non-hydrogen) atoms. The van der Waals surface area contributed by atoms with Gasteiger partial charge in [-0.3, -0.25) is 0 Å². The highest BCUT2D eigenvalue weighted by molar-refractivity contribution is 9.10. The normalized spacial score (nSPS) is 12.4. The van der Waals surface area contributed by atoms with Gasteiger partial charge < -0.3 is 0 Å². The molecular formula is C14H13Br. The highest BCUT2D eigenvalue weighted by Gasteiger charge is 2.09. The highest BCUT2D eigenvalue weighted by Crippen LogP contribution is 2.29. The van der Waals surface area contributed by atoms with E-state index in [1.54, 1.807) is 0 Å². The van der Waals surface area contributed by atoms with Gasteiger partial charge in [-0.1, -0.05) is 71.4 Å². The first-order valence-electron chi connectivity index (χ1n) is 5.08. The molecule has 1 atom stereocenters. The molecule has 0 aromatic heterocycles. The van der Waals surface area contributed by atoms with Crippen LogP contribution in [-0.2, 0) is 0 Å². The molecule has 0 fully saturated rings. The third-order valence-corrected chi connectivity index (χ3v) is 3.39. The fraction of sp³-hybridized carbons (Fsp3) is 0.143. The van der Waals surface area contributed by atoms with Crippen LogP contribution in [0.25, 0.3) is 0 Å². The van der Waals surface area contributed by atoms with Gasteiger partial charge in [-0.15, -0.1) is 0 Å². The number of rotatable bonds is 2. The average Bonchev–Trinajstić information content (AvgIpc) is 2.30. The lowest BCUT2D eigenvalue weighted by molar-refractivity contribution is 0.916. The zero-order valence-corrected chi connectivity index (χ0v) is 10.2. The topological polar surface area (TPSA) is 0 Å². The van der Waals surface area contributed by atoms with E-state index in [0.29, 0.717) is 5.92 Å². The SMILES string of the molecule is CC(c1ccccc1)c1ccccc1Br. The van der Waals surface area contributed by atoms with Crippen molar-refractivity contribution in [2.75, 3.05) is 0 Å². The molecule has 0 spiro atoms. The lowest BCUT2D eigenvalue weighted by atomic mass is 9.93. The lowest BCUT2D eigenvalue weighted by Gasteiger charge is -2.13. The van der Waals surface area contributed by atoms with E-state index < -0.39 is 0 Å². The van der Waals surface area contributed by atoms with Gasteiger partial charge in [0.05, 0.1) is 0 Å². The largest absolute Gasteiger partial charge is 0.0622 e. The first-order chi connectivity index (χ1) is 7.29. The van der Waals surface area contributed by atoms with Crippen molar-refractivity contribution in [2.45, 2.75) is 12.8 Å². The molecule has 0 amide bonds. The van der Waals surface area contributed by atoms with E-state index >= 15 is 0 Å². The van der Waals surface area contributed by atoms with Gasteiger partial charge in [0.25, 0.3) is 0 Å². The Bertz CT molecular complexity index is 434. The summed E-state index contributed by atoms with van der Waals surface area (Å²) in [5, 5.41) is 0. The van der Waals surface area contributed by atoms with E-state index in [9.17, 15) is 0 Å². The van der Waals surface area contributed by atoms with Gasteiger partial charge in [-0.05, 0) is 17.2 Å². The minimum absolute atomic E-state index is 0.432. The van der Waals surface area contributed by atoms with Crippen LogP contribution < -0.4 is 0 Å². The smallest absolute Gasteiger partial charge is 0.0213 e. The number of benzene rings is 2. The first-order valence-corrected chi connectivity index (χ1v) is 5.87. The summed E-state index contributed by atoms with van der Waals surface area (Å²) in [4.78, 5) is 0. The number of hydrogen-bond donors (Lipinski definition) is 0. The van der Waals surface area contributed by atoms with Gasteiger partial charge >= 0.3 is 0 Å². The Morgan fingerprint density at radius 1 is 0.867 bits per heavy atom. The molecule has 0 N–H and O–H groups in total. The second-order valence-electron chi connectivity index (χ2n) is 3.65. The zero-order chi connectivity index (χ0) is 10.7. The molecule has 0 radical (unpaired) electrons. The maximum atomic E-state index is 3.59. The van der Waals surface area contributed by atoms with Gasteiger partial charge in [-0.2, -0.15) is 0 Å². The van der Waals surface area contributed by atoms with Crippen molar-refractivity contribution in [1.82, 2.24) is 0 Å². The molecule has 1 unspecified atom stereocenters. The Balaban J connectivity index is 2.37. The Hall–Kier alpha value is -1.08. The molecule has 0 saturated heterocycles. The number of hydrogen-bond acceptors (Lipinski definition) is 0. The molecule has 0 nitrogen and oxygen atoms in total. The van der Waals surface area contributed by atoms with Crippen molar-refractivity contribution in [3.8, 4) is 0 Å². The van der Waals surface area contributed by atoms with Crippen molar-refractivity contribution in [2.24, 2.45) is 0 Å². The zero-order valence-electron chi connectivity index (χ0n) is 8.65. The summed E-state index contributed by atoms with van der Waals surface area (Å²) < 4.78 is 1.18. The highest BCUT2D eigenvalue weighted by atomic mass is 79.9.